The first-order valence-electron chi connectivity index (χ1n) is 4.23. The summed E-state index contributed by atoms with van der Waals surface area (Å²) in [4.78, 5) is 0. The Kier molecular flexibility index (Phi) is 1.79. The average molecular weight is 171 g/mol. The van der Waals surface area contributed by atoms with Crippen LogP contribution >= 0.6 is 0 Å². The largest absolute Gasteiger partial charge is 0.511 e. The smallest absolute Gasteiger partial charge is 0.111 e. The minimum Gasteiger partial charge on any atom is -0.511 e. The van der Waals surface area contributed by atoms with Crippen LogP contribution < -0.4 is 0 Å². The van der Waals surface area contributed by atoms with Crippen LogP contribution in [0.3, 0.4) is 0 Å². The standard InChI is InChI=1S/C11H9NO/c12-7-10-9-4-2-1-3-8(9)5-6-11(10)13/h1-4,13H,5-6H2. The molecule has 13 heavy (non-hydrogen) atoms. The minimum absolute atomic E-state index is 0.223. The van der Waals surface area contributed by atoms with E-state index in [0.29, 0.717) is 12.0 Å². The van der Waals surface area contributed by atoms with Crippen molar-refractivity contribution < 1.29 is 5.11 Å². The molecule has 0 aliphatic heterocycles. The first kappa shape index (κ1) is 7.88. The Balaban J connectivity index is 2.63. The molecular weight excluding hydrogens is 162 g/mol. The number of aliphatic hydroxyl groups is 1. The second-order valence-corrected chi connectivity index (χ2v) is 3.09. The van der Waals surface area contributed by atoms with Gasteiger partial charge in [0.15, 0.2) is 0 Å². The highest BCUT2D eigenvalue weighted by atomic mass is 16.3. The highest BCUT2D eigenvalue weighted by molar-refractivity contribution is 5.81. The Bertz CT molecular complexity index is 412. The van der Waals surface area contributed by atoms with E-state index < -0.39 is 0 Å². The molecule has 1 aromatic carbocycles. The van der Waals surface area contributed by atoms with Crippen LogP contribution in [0.5, 0.6) is 0 Å². The van der Waals surface area contributed by atoms with Crippen LogP contribution in [-0.4, -0.2) is 5.11 Å². The maximum Gasteiger partial charge on any atom is 0.111 e. The van der Waals surface area contributed by atoms with Gasteiger partial charge >= 0.3 is 0 Å². The van der Waals surface area contributed by atoms with E-state index in [9.17, 15) is 5.11 Å². The van der Waals surface area contributed by atoms with Gasteiger partial charge < -0.3 is 5.11 Å². The molecule has 0 fully saturated rings. The molecule has 0 unspecified atom stereocenters. The van der Waals surface area contributed by atoms with E-state index in [1.165, 1.54) is 0 Å². The number of aryl methyl sites for hydroxylation is 1. The Labute approximate surface area is 76.7 Å². The maximum atomic E-state index is 9.47. The van der Waals surface area contributed by atoms with Gasteiger partial charge in [-0.2, -0.15) is 5.26 Å². The molecule has 2 nitrogen and oxygen atoms in total. The van der Waals surface area contributed by atoms with Crippen LogP contribution in [0.15, 0.2) is 30.0 Å². The summed E-state index contributed by atoms with van der Waals surface area (Å²) in [6.07, 6.45) is 1.41. The zero-order valence-corrected chi connectivity index (χ0v) is 7.12. The van der Waals surface area contributed by atoms with Crippen molar-refractivity contribution in [3.05, 3.63) is 41.2 Å². The van der Waals surface area contributed by atoms with Crippen molar-refractivity contribution >= 4 is 5.57 Å². The summed E-state index contributed by atoms with van der Waals surface area (Å²) >= 11 is 0. The summed E-state index contributed by atoms with van der Waals surface area (Å²) < 4.78 is 0. The van der Waals surface area contributed by atoms with Gasteiger partial charge in [0.25, 0.3) is 0 Å². The topological polar surface area (TPSA) is 44.0 Å². The van der Waals surface area contributed by atoms with Gasteiger partial charge in [-0.1, -0.05) is 24.3 Å². The van der Waals surface area contributed by atoms with Crippen molar-refractivity contribution in [3.63, 3.8) is 0 Å². The van der Waals surface area contributed by atoms with Gasteiger partial charge in [0, 0.05) is 6.42 Å². The fraction of sp³-hybridized carbons (Fsp3) is 0.182. The second-order valence-electron chi connectivity index (χ2n) is 3.09. The fourth-order valence-electron chi connectivity index (χ4n) is 1.64. The maximum absolute atomic E-state index is 9.47. The number of hydrogen-bond donors (Lipinski definition) is 1. The molecule has 64 valence electrons. The summed E-state index contributed by atoms with van der Waals surface area (Å²) in [7, 11) is 0. The number of rotatable bonds is 0. The highest BCUT2D eigenvalue weighted by Crippen LogP contribution is 2.28. The summed E-state index contributed by atoms with van der Waals surface area (Å²) in [6.45, 7) is 0. The van der Waals surface area contributed by atoms with Gasteiger partial charge in [0.1, 0.15) is 11.8 Å². The monoisotopic (exact) mass is 171 g/mol. The van der Waals surface area contributed by atoms with Crippen LogP contribution in [0.25, 0.3) is 5.57 Å². The molecule has 1 aromatic rings. The molecule has 1 N–H and O–H groups in total. The van der Waals surface area contributed by atoms with Crippen molar-refractivity contribution in [2.75, 3.05) is 0 Å². The van der Waals surface area contributed by atoms with E-state index in [2.05, 4.69) is 0 Å². The first-order valence-corrected chi connectivity index (χ1v) is 4.23. The molecule has 0 saturated heterocycles. The molecule has 0 aromatic heterocycles. The fourth-order valence-corrected chi connectivity index (χ4v) is 1.64. The number of fused-ring (bicyclic) bond motifs is 1. The third-order valence-electron chi connectivity index (χ3n) is 2.32. The van der Waals surface area contributed by atoms with Crippen LogP contribution in [0.2, 0.25) is 0 Å². The van der Waals surface area contributed by atoms with Gasteiger partial charge in [-0.25, -0.2) is 0 Å². The zero-order chi connectivity index (χ0) is 9.26. The lowest BCUT2D eigenvalue weighted by atomic mass is 9.90. The Hall–Kier alpha value is -1.75. The molecule has 0 heterocycles. The van der Waals surface area contributed by atoms with Crippen LogP contribution in [0, 0.1) is 11.3 Å². The predicted octanol–water partition coefficient (Wildman–Crippen LogP) is 2.43. The molecule has 2 rings (SSSR count). The second kappa shape index (κ2) is 2.95. The Morgan fingerprint density at radius 2 is 2.00 bits per heavy atom. The van der Waals surface area contributed by atoms with E-state index in [1.807, 2.05) is 30.3 Å². The molecule has 0 amide bonds. The molecular formula is C11H9NO. The number of benzene rings is 1. The predicted molar refractivity (Wildman–Crippen MR) is 49.9 cm³/mol. The molecule has 2 heteroatoms. The van der Waals surface area contributed by atoms with Crippen LogP contribution in [0.1, 0.15) is 17.5 Å². The van der Waals surface area contributed by atoms with E-state index in [1.54, 1.807) is 0 Å². The van der Waals surface area contributed by atoms with Crippen molar-refractivity contribution in [2.24, 2.45) is 0 Å². The highest BCUT2D eigenvalue weighted by Gasteiger charge is 2.17. The van der Waals surface area contributed by atoms with Gasteiger partial charge in [0.2, 0.25) is 0 Å². The first-order chi connectivity index (χ1) is 6.33. The van der Waals surface area contributed by atoms with Crippen molar-refractivity contribution in [1.82, 2.24) is 0 Å². The lowest BCUT2D eigenvalue weighted by Crippen LogP contribution is -2.03. The number of nitriles is 1. The van der Waals surface area contributed by atoms with Crippen molar-refractivity contribution in [1.29, 1.82) is 5.26 Å². The van der Waals surface area contributed by atoms with Crippen molar-refractivity contribution in [3.8, 4) is 6.07 Å². The van der Waals surface area contributed by atoms with Gasteiger partial charge in [0.05, 0.1) is 5.57 Å². The number of allylic oxidation sites excluding steroid dienone is 2. The SMILES string of the molecule is N#CC1=C(O)CCc2ccccc21. The van der Waals surface area contributed by atoms with Gasteiger partial charge in [-0.15, -0.1) is 0 Å². The Morgan fingerprint density at radius 1 is 1.23 bits per heavy atom. The molecule has 0 bridgehead atoms. The summed E-state index contributed by atoms with van der Waals surface area (Å²) in [5.41, 5.74) is 2.47. The molecule has 0 radical (unpaired) electrons. The summed E-state index contributed by atoms with van der Waals surface area (Å²) in [6, 6.07) is 9.76. The molecule has 1 aliphatic carbocycles. The average Bonchev–Trinajstić information content (AvgIpc) is 2.18. The Morgan fingerprint density at radius 3 is 2.77 bits per heavy atom. The summed E-state index contributed by atoms with van der Waals surface area (Å²) in [5.74, 6) is 0.223. The molecule has 0 saturated carbocycles. The van der Waals surface area contributed by atoms with Crippen LogP contribution in [0.4, 0.5) is 0 Å². The minimum atomic E-state index is 0.223. The third-order valence-corrected chi connectivity index (χ3v) is 2.32. The number of aliphatic hydroxyl groups excluding tert-OH is 1. The van der Waals surface area contributed by atoms with E-state index in [0.717, 1.165) is 17.5 Å². The van der Waals surface area contributed by atoms with Crippen molar-refractivity contribution in [2.45, 2.75) is 12.8 Å². The van der Waals surface area contributed by atoms with Crippen LogP contribution in [-0.2, 0) is 6.42 Å². The normalized spacial score (nSPS) is 15.0. The number of hydrogen-bond acceptors (Lipinski definition) is 2. The van der Waals surface area contributed by atoms with E-state index >= 15 is 0 Å². The lowest BCUT2D eigenvalue weighted by Gasteiger charge is -2.15. The van der Waals surface area contributed by atoms with Gasteiger partial charge in [-0.05, 0) is 17.5 Å². The van der Waals surface area contributed by atoms with E-state index in [-0.39, 0.29) is 5.76 Å². The van der Waals surface area contributed by atoms with Gasteiger partial charge in [-0.3, -0.25) is 0 Å². The zero-order valence-electron chi connectivity index (χ0n) is 7.12. The molecule has 1 aliphatic rings. The van der Waals surface area contributed by atoms with E-state index in [4.69, 9.17) is 5.26 Å². The quantitative estimate of drug-likeness (QED) is 0.651. The molecule has 0 spiro atoms. The number of nitrogens with zero attached hydrogens (tertiary/aromatic N) is 1. The lowest BCUT2D eigenvalue weighted by molar-refractivity contribution is 0.389. The third kappa shape index (κ3) is 1.19. The molecule has 0 atom stereocenters. The summed E-state index contributed by atoms with van der Waals surface area (Å²) in [5, 5.41) is 18.3.